The average molecular weight is 305 g/mol. The second-order valence-electron chi connectivity index (χ2n) is 6.13. The molecule has 0 saturated carbocycles. The van der Waals surface area contributed by atoms with Gasteiger partial charge in [-0.2, -0.15) is 0 Å². The topological polar surface area (TPSA) is 53.5 Å². The minimum atomic E-state index is -0.249. The Hall–Kier alpha value is -2.46. The molecule has 1 fully saturated rings. The molecule has 23 heavy (non-hydrogen) atoms. The first-order valence-electron chi connectivity index (χ1n) is 8.05. The Kier molecular flexibility index (Phi) is 3.46. The third-order valence-corrected chi connectivity index (χ3v) is 4.81. The van der Waals surface area contributed by atoms with Crippen molar-refractivity contribution in [2.45, 2.75) is 18.3 Å². The van der Waals surface area contributed by atoms with Gasteiger partial charge in [-0.1, -0.05) is 36.4 Å². The van der Waals surface area contributed by atoms with E-state index in [-0.39, 0.29) is 11.3 Å². The van der Waals surface area contributed by atoms with Crippen molar-refractivity contribution in [2.75, 3.05) is 18.4 Å². The maximum absolute atomic E-state index is 12.9. The molecule has 2 aliphatic heterocycles. The van der Waals surface area contributed by atoms with Gasteiger partial charge in [0.25, 0.3) is 5.91 Å². The largest absolute Gasteiger partial charge is 0.321 e. The summed E-state index contributed by atoms with van der Waals surface area (Å²) in [5.74, 6) is -0.0886. The maximum atomic E-state index is 12.9. The fourth-order valence-corrected chi connectivity index (χ4v) is 3.67. The van der Waals surface area contributed by atoms with E-state index in [1.54, 1.807) is 0 Å². The van der Waals surface area contributed by atoms with Crippen LogP contribution in [0, 0.1) is 0 Å². The summed E-state index contributed by atoms with van der Waals surface area (Å²) in [5.41, 5.74) is 3.34. The van der Waals surface area contributed by atoms with Gasteiger partial charge in [-0.25, -0.2) is 4.99 Å². The van der Waals surface area contributed by atoms with Crippen molar-refractivity contribution < 1.29 is 4.79 Å². The fourth-order valence-electron chi connectivity index (χ4n) is 3.67. The van der Waals surface area contributed by atoms with E-state index in [0.717, 1.165) is 37.3 Å². The highest BCUT2D eigenvalue weighted by Gasteiger charge is 2.46. The predicted octanol–water partition coefficient (Wildman–Crippen LogP) is 3.03. The molecule has 1 amide bonds. The summed E-state index contributed by atoms with van der Waals surface area (Å²) in [6, 6.07) is 17.7. The first-order valence-corrected chi connectivity index (χ1v) is 8.05. The van der Waals surface area contributed by atoms with Gasteiger partial charge in [-0.05, 0) is 49.7 Å². The lowest BCUT2D eigenvalue weighted by Crippen LogP contribution is -2.48. The van der Waals surface area contributed by atoms with Crippen molar-refractivity contribution in [3.63, 3.8) is 0 Å². The zero-order valence-corrected chi connectivity index (χ0v) is 12.9. The van der Waals surface area contributed by atoms with Gasteiger partial charge in [0.1, 0.15) is 5.71 Å². The van der Waals surface area contributed by atoms with Crippen LogP contribution in [0.4, 0.5) is 11.4 Å². The standard InChI is InChI=1S/C19H19N3O/c23-18(21-14-6-2-1-3-7-14)17-19(10-12-20-13-11-19)15-8-4-5-9-16(15)22-17/h1-9,20H,10-13H2,(H,21,23). The number of benzene rings is 2. The van der Waals surface area contributed by atoms with Gasteiger partial charge in [0.15, 0.2) is 0 Å². The number of carbonyl (C=O) groups excluding carboxylic acids is 1. The highest BCUT2D eigenvalue weighted by molar-refractivity contribution is 6.47. The molecule has 2 N–H and O–H groups in total. The van der Waals surface area contributed by atoms with Crippen LogP contribution in [0.15, 0.2) is 59.6 Å². The molecular weight excluding hydrogens is 286 g/mol. The van der Waals surface area contributed by atoms with Crippen molar-refractivity contribution in [3.05, 3.63) is 60.2 Å². The Labute approximate surface area is 135 Å². The normalized spacial score (nSPS) is 18.3. The van der Waals surface area contributed by atoms with Crippen molar-refractivity contribution in [2.24, 2.45) is 4.99 Å². The zero-order valence-electron chi connectivity index (χ0n) is 12.9. The molecule has 1 saturated heterocycles. The highest BCUT2D eigenvalue weighted by atomic mass is 16.2. The van der Waals surface area contributed by atoms with Gasteiger partial charge in [-0.15, -0.1) is 0 Å². The van der Waals surface area contributed by atoms with E-state index < -0.39 is 0 Å². The molecule has 116 valence electrons. The number of nitrogens with one attached hydrogen (secondary N) is 2. The van der Waals surface area contributed by atoms with Crippen LogP contribution in [0.3, 0.4) is 0 Å². The Bertz CT molecular complexity index is 761. The summed E-state index contributed by atoms with van der Waals surface area (Å²) in [6.45, 7) is 1.82. The number of aliphatic imine (C=N–C) groups is 1. The summed E-state index contributed by atoms with van der Waals surface area (Å²) in [5, 5.41) is 6.39. The van der Waals surface area contributed by atoms with Crippen LogP contribution in [0.1, 0.15) is 18.4 Å². The van der Waals surface area contributed by atoms with Gasteiger partial charge in [0.05, 0.1) is 5.69 Å². The van der Waals surface area contributed by atoms with Crippen LogP contribution in [-0.4, -0.2) is 24.7 Å². The SMILES string of the molecule is O=C(Nc1ccccc1)C1=Nc2ccccc2C12CCNCC2. The van der Waals surface area contributed by atoms with E-state index in [9.17, 15) is 4.79 Å². The van der Waals surface area contributed by atoms with E-state index in [1.807, 2.05) is 48.5 Å². The summed E-state index contributed by atoms with van der Waals surface area (Å²) in [7, 11) is 0. The van der Waals surface area contributed by atoms with Crippen LogP contribution < -0.4 is 10.6 Å². The van der Waals surface area contributed by atoms with Gasteiger partial charge >= 0.3 is 0 Å². The summed E-state index contributed by atoms with van der Waals surface area (Å²) >= 11 is 0. The first kappa shape index (κ1) is 14.2. The molecule has 2 aromatic rings. The third-order valence-electron chi connectivity index (χ3n) is 4.81. The summed E-state index contributed by atoms with van der Waals surface area (Å²) in [4.78, 5) is 17.6. The Morgan fingerprint density at radius 3 is 2.48 bits per heavy atom. The molecule has 0 radical (unpaired) electrons. The van der Waals surface area contributed by atoms with E-state index in [2.05, 4.69) is 16.7 Å². The van der Waals surface area contributed by atoms with E-state index in [1.165, 1.54) is 5.56 Å². The Morgan fingerprint density at radius 1 is 1.00 bits per heavy atom. The molecular formula is C19H19N3O. The van der Waals surface area contributed by atoms with Crippen LogP contribution in [0.2, 0.25) is 0 Å². The quantitative estimate of drug-likeness (QED) is 0.896. The number of hydrogen-bond donors (Lipinski definition) is 2. The number of nitrogens with zero attached hydrogens (tertiary/aromatic N) is 1. The number of carbonyl (C=O) groups is 1. The molecule has 0 atom stereocenters. The second kappa shape index (κ2) is 5.63. The van der Waals surface area contributed by atoms with Crippen molar-refractivity contribution in [3.8, 4) is 0 Å². The average Bonchev–Trinajstić information content (AvgIpc) is 2.91. The lowest BCUT2D eigenvalue weighted by molar-refractivity contribution is -0.110. The van der Waals surface area contributed by atoms with E-state index >= 15 is 0 Å². The Balaban J connectivity index is 1.71. The van der Waals surface area contributed by atoms with Gasteiger partial charge in [0.2, 0.25) is 0 Å². The van der Waals surface area contributed by atoms with Gasteiger partial charge < -0.3 is 10.6 Å². The van der Waals surface area contributed by atoms with Crippen LogP contribution in [-0.2, 0) is 10.2 Å². The molecule has 2 aromatic carbocycles. The minimum absolute atomic E-state index is 0.0886. The number of fused-ring (bicyclic) bond motifs is 2. The van der Waals surface area contributed by atoms with Gasteiger partial charge in [0, 0.05) is 11.1 Å². The molecule has 4 nitrogen and oxygen atoms in total. The first-order chi connectivity index (χ1) is 11.3. The summed E-state index contributed by atoms with van der Waals surface area (Å²) in [6.07, 6.45) is 1.82. The molecule has 0 aromatic heterocycles. The molecule has 0 aliphatic carbocycles. The lowest BCUT2D eigenvalue weighted by Gasteiger charge is -2.35. The number of piperidine rings is 1. The molecule has 0 unspecified atom stereocenters. The number of hydrogen-bond acceptors (Lipinski definition) is 3. The molecule has 4 rings (SSSR count). The highest BCUT2D eigenvalue weighted by Crippen LogP contribution is 2.45. The number of anilines is 1. The van der Waals surface area contributed by atoms with Crippen molar-refractivity contribution in [1.29, 1.82) is 0 Å². The van der Waals surface area contributed by atoms with Crippen LogP contribution in [0.5, 0.6) is 0 Å². The molecule has 0 bridgehead atoms. The molecule has 2 aliphatic rings. The smallest absolute Gasteiger partial charge is 0.271 e. The van der Waals surface area contributed by atoms with Crippen LogP contribution >= 0.6 is 0 Å². The molecule has 4 heteroatoms. The monoisotopic (exact) mass is 305 g/mol. The number of rotatable bonds is 2. The van der Waals surface area contributed by atoms with E-state index in [0.29, 0.717) is 5.71 Å². The van der Waals surface area contributed by atoms with Gasteiger partial charge in [-0.3, -0.25) is 4.79 Å². The Morgan fingerprint density at radius 2 is 1.70 bits per heavy atom. The fraction of sp³-hybridized carbons (Fsp3) is 0.263. The number of amides is 1. The van der Waals surface area contributed by atoms with Crippen molar-refractivity contribution in [1.82, 2.24) is 5.32 Å². The van der Waals surface area contributed by atoms with Crippen LogP contribution in [0.25, 0.3) is 0 Å². The van der Waals surface area contributed by atoms with E-state index in [4.69, 9.17) is 4.99 Å². The summed E-state index contributed by atoms with van der Waals surface area (Å²) < 4.78 is 0. The maximum Gasteiger partial charge on any atom is 0.271 e. The predicted molar refractivity (Wildman–Crippen MR) is 92.4 cm³/mol. The number of para-hydroxylation sites is 2. The zero-order chi connectivity index (χ0) is 15.7. The minimum Gasteiger partial charge on any atom is -0.321 e. The molecule has 2 heterocycles. The third kappa shape index (κ3) is 2.35. The van der Waals surface area contributed by atoms with Crippen molar-refractivity contribution >= 4 is 23.0 Å². The molecule has 1 spiro atoms. The lowest BCUT2D eigenvalue weighted by atomic mass is 9.70. The second-order valence-corrected chi connectivity index (χ2v) is 6.13.